The van der Waals surface area contributed by atoms with Crippen LogP contribution in [0.15, 0.2) is 48.5 Å². The van der Waals surface area contributed by atoms with Gasteiger partial charge in [-0.25, -0.2) is 0 Å². The van der Waals surface area contributed by atoms with Gasteiger partial charge in [0.15, 0.2) is 0 Å². The molecule has 1 aliphatic carbocycles. The first kappa shape index (κ1) is 25.9. The van der Waals surface area contributed by atoms with Gasteiger partial charge in [-0.1, -0.05) is 37.1 Å². The maximum absolute atomic E-state index is 13.5. The summed E-state index contributed by atoms with van der Waals surface area (Å²) < 4.78 is 45.8. The average molecular weight is 516 g/mol. The topological polar surface area (TPSA) is 36.0 Å². The molecule has 1 amide bonds. The Bertz CT molecular complexity index is 1080. The Hall–Kier alpha value is -2.74. The third-order valence-corrected chi connectivity index (χ3v) is 8.38. The molecule has 0 bridgehead atoms. The molecular formula is C29H36F3N3O2. The highest BCUT2D eigenvalue weighted by Crippen LogP contribution is 2.39. The number of methoxy groups -OCH3 is 1. The highest BCUT2D eigenvalue weighted by atomic mass is 19.4. The maximum Gasteiger partial charge on any atom is 0.416 e. The van der Waals surface area contributed by atoms with E-state index in [1.807, 2.05) is 23.1 Å². The van der Waals surface area contributed by atoms with Gasteiger partial charge in [-0.15, -0.1) is 0 Å². The van der Waals surface area contributed by atoms with Crippen LogP contribution in [-0.4, -0.2) is 68.6 Å². The molecule has 3 aliphatic rings. The number of amides is 1. The molecule has 2 unspecified atom stereocenters. The molecule has 2 aliphatic heterocycles. The predicted octanol–water partition coefficient (Wildman–Crippen LogP) is 5.27. The summed E-state index contributed by atoms with van der Waals surface area (Å²) in [5.74, 6) is 1.12. The number of nitrogens with zero attached hydrogens (tertiary/aromatic N) is 3. The molecule has 2 aromatic carbocycles. The minimum Gasteiger partial charge on any atom is -0.497 e. The van der Waals surface area contributed by atoms with Gasteiger partial charge >= 0.3 is 6.18 Å². The molecule has 2 heterocycles. The van der Waals surface area contributed by atoms with E-state index < -0.39 is 11.7 Å². The smallest absolute Gasteiger partial charge is 0.416 e. The first-order valence-corrected chi connectivity index (χ1v) is 13.4. The van der Waals surface area contributed by atoms with E-state index in [4.69, 9.17) is 4.74 Å². The van der Waals surface area contributed by atoms with Crippen LogP contribution in [0.25, 0.3) is 0 Å². The zero-order valence-electron chi connectivity index (χ0n) is 21.4. The molecule has 0 spiro atoms. The Labute approximate surface area is 217 Å². The van der Waals surface area contributed by atoms with E-state index in [2.05, 4.69) is 15.9 Å². The molecule has 3 fully saturated rings. The number of hydrogen-bond donors (Lipinski definition) is 0. The molecule has 5 rings (SSSR count). The lowest BCUT2D eigenvalue weighted by molar-refractivity contribution is -0.137. The van der Waals surface area contributed by atoms with Crippen LogP contribution < -0.4 is 9.64 Å². The number of halogens is 3. The van der Waals surface area contributed by atoms with Crippen LogP contribution >= 0.6 is 0 Å². The van der Waals surface area contributed by atoms with Gasteiger partial charge < -0.3 is 14.5 Å². The van der Waals surface area contributed by atoms with Crippen molar-refractivity contribution in [2.75, 3.05) is 57.8 Å². The number of rotatable bonds is 6. The number of carbonyl (C=O) groups is 1. The van der Waals surface area contributed by atoms with Crippen LogP contribution in [0.3, 0.4) is 0 Å². The van der Waals surface area contributed by atoms with Crippen molar-refractivity contribution in [2.24, 2.45) is 11.8 Å². The van der Waals surface area contributed by atoms with Crippen molar-refractivity contribution in [3.8, 4) is 5.75 Å². The largest absolute Gasteiger partial charge is 0.497 e. The first-order chi connectivity index (χ1) is 17.8. The van der Waals surface area contributed by atoms with Crippen molar-refractivity contribution < 1.29 is 22.7 Å². The van der Waals surface area contributed by atoms with Crippen LogP contribution in [0.5, 0.6) is 5.75 Å². The second-order valence-electron chi connectivity index (χ2n) is 10.7. The number of hydrogen-bond acceptors (Lipinski definition) is 4. The fraction of sp³-hybridized carbons (Fsp3) is 0.552. The lowest BCUT2D eigenvalue weighted by atomic mass is 9.87. The number of likely N-dealkylation sites (tertiary alicyclic amines) is 1. The Morgan fingerprint density at radius 2 is 1.70 bits per heavy atom. The van der Waals surface area contributed by atoms with Crippen LogP contribution in [0.4, 0.5) is 18.9 Å². The predicted molar refractivity (Wildman–Crippen MR) is 138 cm³/mol. The molecule has 0 N–H and O–H groups in total. The van der Waals surface area contributed by atoms with E-state index in [0.717, 1.165) is 75.9 Å². The molecule has 0 aromatic heterocycles. The highest BCUT2D eigenvalue weighted by molar-refractivity contribution is 5.79. The van der Waals surface area contributed by atoms with E-state index in [1.54, 1.807) is 13.2 Å². The number of anilines is 1. The van der Waals surface area contributed by atoms with Crippen molar-refractivity contribution in [3.63, 3.8) is 0 Å². The summed E-state index contributed by atoms with van der Waals surface area (Å²) in [5, 5.41) is 0. The molecule has 2 atom stereocenters. The van der Waals surface area contributed by atoms with Gasteiger partial charge in [0.05, 0.1) is 12.7 Å². The molecule has 37 heavy (non-hydrogen) atoms. The molecule has 8 heteroatoms. The Morgan fingerprint density at radius 1 is 0.973 bits per heavy atom. The van der Waals surface area contributed by atoms with E-state index in [0.29, 0.717) is 18.7 Å². The van der Waals surface area contributed by atoms with Crippen molar-refractivity contribution >= 4 is 11.6 Å². The highest BCUT2D eigenvalue weighted by Gasteiger charge is 2.40. The van der Waals surface area contributed by atoms with Crippen LogP contribution in [0.1, 0.15) is 42.7 Å². The molecule has 200 valence electrons. The van der Waals surface area contributed by atoms with Gasteiger partial charge in [0.25, 0.3) is 0 Å². The average Bonchev–Trinajstić information content (AvgIpc) is 3.59. The minimum absolute atomic E-state index is 0.0762. The zero-order chi connectivity index (χ0) is 26.0. The molecule has 1 saturated carbocycles. The SMILES string of the molecule is COc1cccc(N2CCN(CC3CN(C(=O)C4CCCC4)CC3c3cccc(C(F)(F)F)c3)CC2)c1. The quantitative estimate of drug-likeness (QED) is 0.525. The van der Waals surface area contributed by atoms with E-state index in [1.165, 1.54) is 12.1 Å². The summed E-state index contributed by atoms with van der Waals surface area (Å²) in [5.41, 5.74) is 1.21. The third-order valence-electron chi connectivity index (χ3n) is 8.38. The van der Waals surface area contributed by atoms with Gasteiger partial charge in [-0.3, -0.25) is 9.69 Å². The molecule has 0 radical (unpaired) electrons. The number of alkyl halides is 3. The van der Waals surface area contributed by atoms with Gasteiger partial charge in [0.1, 0.15) is 5.75 Å². The molecule has 5 nitrogen and oxygen atoms in total. The van der Waals surface area contributed by atoms with Crippen molar-refractivity contribution in [1.29, 1.82) is 0 Å². The van der Waals surface area contributed by atoms with Crippen LogP contribution in [-0.2, 0) is 11.0 Å². The number of ether oxygens (including phenoxy) is 1. The van der Waals surface area contributed by atoms with Crippen molar-refractivity contribution in [3.05, 3.63) is 59.7 Å². The summed E-state index contributed by atoms with van der Waals surface area (Å²) in [4.78, 5) is 19.9. The third kappa shape index (κ3) is 5.89. The second-order valence-corrected chi connectivity index (χ2v) is 10.7. The van der Waals surface area contributed by atoms with Crippen molar-refractivity contribution in [1.82, 2.24) is 9.80 Å². The fourth-order valence-corrected chi connectivity index (χ4v) is 6.32. The van der Waals surface area contributed by atoms with Crippen LogP contribution in [0, 0.1) is 11.8 Å². The molecule has 2 aromatic rings. The monoisotopic (exact) mass is 515 g/mol. The number of carbonyl (C=O) groups excluding carboxylic acids is 1. The molecule has 2 saturated heterocycles. The minimum atomic E-state index is -4.38. The van der Waals surface area contributed by atoms with Gasteiger partial charge in [0.2, 0.25) is 5.91 Å². The van der Waals surface area contributed by atoms with Crippen LogP contribution in [0.2, 0.25) is 0 Å². The second kappa shape index (κ2) is 10.9. The van der Waals surface area contributed by atoms with Gasteiger partial charge in [-0.05, 0) is 42.5 Å². The summed E-state index contributed by atoms with van der Waals surface area (Å²) >= 11 is 0. The van der Waals surface area contributed by atoms with Crippen molar-refractivity contribution in [2.45, 2.75) is 37.8 Å². The summed E-state index contributed by atoms with van der Waals surface area (Å²) in [6.07, 6.45) is -0.342. The maximum atomic E-state index is 13.5. The normalized spacial score (nSPS) is 23.6. The van der Waals surface area contributed by atoms with E-state index in [9.17, 15) is 18.0 Å². The lowest BCUT2D eigenvalue weighted by Gasteiger charge is -2.38. The Morgan fingerprint density at radius 3 is 2.41 bits per heavy atom. The van der Waals surface area contributed by atoms with E-state index in [-0.39, 0.29) is 23.7 Å². The first-order valence-electron chi connectivity index (χ1n) is 13.4. The summed E-state index contributed by atoms with van der Waals surface area (Å²) in [6, 6.07) is 13.8. The lowest BCUT2D eigenvalue weighted by Crippen LogP contribution is -2.48. The Balaban J connectivity index is 1.29. The van der Waals surface area contributed by atoms with E-state index >= 15 is 0 Å². The Kier molecular flexibility index (Phi) is 7.65. The fourth-order valence-electron chi connectivity index (χ4n) is 6.32. The number of piperazine rings is 1. The van der Waals surface area contributed by atoms with Gasteiger partial charge in [-0.2, -0.15) is 13.2 Å². The zero-order valence-corrected chi connectivity index (χ0v) is 21.4. The van der Waals surface area contributed by atoms with Gasteiger partial charge in [0, 0.05) is 69.4 Å². The molecular weight excluding hydrogens is 479 g/mol. The summed E-state index contributed by atoms with van der Waals surface area (Å²) in [6.45, 7) is 5.40. The summed E-state index contributed by atoms with van der Waals surface area (Å²) in [7, 11) is 1.67. The number of benzene rings is 2. The standard InChI is InChI=1S/C29H36F3N3O2/c1-37-26-11-5-10-25(17-26)34-14-12-33(13-15-34)18-23-19-35(28(36)21-6-2-3-7-21)20-27(23)22-8-4-9-24(16-22)29(30,31)32/h4-5,8-11,16-17,21,23,27H,2-3,6-7,12-15,18-20H2,1H3.